The quantitative estimate of drug-likeness (QED) is 0.149. The van der Waals surface area contributed by atoms with Crippen molar-refractivity contribution in [3.8, 4) is 0 Å². The van der Waals surface area contributed by atoms with Crippen LogP contribution in [0.4, 0.5) is 13.2 Å². The molecular weight excluding hydrogens is 621 g/mol. The van der Waals surface area contributed by atoms with Crippen molar-refractivity contribution in [2.24, 2.45) is 16.7 Å². The second kappa shape index (κ2) is 16.1. The lowest BCUT2D eigenvalue weighted by molar-refractivity contribution is -0.302. The van der Waals surface area contributed by atoms with Crippen LogP contribution in [-0.4, -0.2) is 68.5 Å². The molecule has 1 aliphatic rings. The lowest BCUT2D eigenvalue weighted by atomic mass is 9.90. The number of halogens is 3. The molecule has 9 nitrogen and oxygen atoms in total. The summed E-state index contributed by atoms with van der Waals surface area (Å²) in [4.78, 5) is 38.1. The Labute approximate surface area is 277 Å². The van der Waals surface area contributed by atoms with Gasteiger partial charge in [0.1, 0.15) is 6.10 Å². The van der Waals surface area contributed by atoms with E-state index < -0.39 is 57.9 Å². The highest BCUT2D eigenvalue weighted by Gasteiger charge is 2.64. The third kappa shape index (κ3) is 11.5. The molecule has 0 radical (unpaired) electrons. The minimum atomic E-state index is -5.13. The van der Waals surface area contributed by atoms with Gasteiger partial charge in [-0.25, -0.2) is 4.79 Å². The van der Waals surface area contributed by atoms with Gasteiger partial charge in [0.25, 0.3) is 5.60 Å². The first-order valence-corrected chi connectivity index (χ1v) is 16.1. The molecular formula is C35H53F3O9. The van der Waals surface area contributed by atoms with Crippen molar-refractivity contribution in [1.29, 1.82) is 0 Å². The molecule has 0 saturated carbocycles. The Morgan fingerprint density at radius 1 is 0.830 bits per heavy atom. The van der Waals surface area contributed by atoms with Crippen LogP contribution in [0.2, 0.25) is 0 Å². The zero-order chi connectivity index (χ0) is 35.8. The molecule has 47 heavy (non-hydrogen) atoms. The smallest absolute Gasteiger partial charge is 0.432 e. The van der Waals surface area contributed by atoms with Crippen molar-refractivity contribution in [2.75, 3.05) is 20.3 Å². The summed E-state index contributed by atoms with van der Waals surface area (Å²) in [6.07, 6.45) is -4.87. The highest BCUT2D eigenvalue weighted by atomic mass is 19.4. The number of benzene rings is 1. The van der Waals surface area contributed by atoms with Crippen LogP contribution in [0, 0.1) is 16.7 Å². The van der Waals surface area contributed by atoms with Gasteiger partial charge in [-0.1, -0.05) is 37.3 Å². The van der Waals surface area contributed by atoms with E-state index in [4.69, 9.17) is 28.4 Å². The molecule has 1 heterocycles. The predicted octanol–water partition coefficient (Wildman–Crippen LogP) is 7.29. The van der Waals surface area contributed by atoms with Crippen molar-refractivity contribution in [2.45, 2.75) is 130 Å². The molecule has 0 aliphatic carbocycles. The number of esters is 3. The number of hydrogen-bond acceptors (Lipinski definition) is 9. The Bertz CT molecular complexity index is 1170. The molecule has 1 saturated heterocycles. The first-order valence-electron chi connectivity index (χ1n) is 16.1. The fraction of sp³-hybridized carbons (Fsp3) is 0.743. The SMILES string of the molecule is CO[C@](C(=O)O[C@H](CCOC(=O)C(C)(C)C)[C@@H](C)CC[C@@H]1C[C@H](CCOC(=O)C(C)(C)C)OC(C)(C)O1)(c1ccccc1)C(F)(F)F. The van der Waals surface area contributed by atoms with Gasteiger partial charge >= 0.3 is 24.1 Å². The summed E-state index contributed by atoms with van der Waals surface area (Å²) in [5.74, 6) is -3.77. The lowest BCUT2D eigenvalue weighted by Crippen LogP contribution is -2.53. The molecule has 0 N–H and O–H groups in total. The van der Waals surface area contributed by atoms with Crippen molar-refractivity contribution in [3.05, 3.63) is 35.9 Å². The standard InChI is InChI=1S/C35H53F3O9/c1-23(16-17-25-22-26(47-33(8,9)46-25)18-20-43-28(39)31(2,3)4)27(19-21-44-29(40)32(5,6)7)45-30(41)34(42-10,35(36,37)38)24-14-12-11-13-15-24/h11-15,23,25-27H,16-22H2,1-10H3/t23-,25+,26-,27+,34-/m0/s1. The van der Waals surface area contributed by atoms with E-state index in [1.54, 1.807) is 62.3 Å². The van der Waals surface area contributed by atoms with Crippen molar-refractivity contribution in [3.63, 3.8) is 0 Å². The first-order chi connectivity index (χ1) is 21.5. The van der Waals surface area contributed by atoms with Crippen LogP contribution in [-0.2, 0) is 48.4 Å². The van der Waals surface area contributed by atoms with E-state index in [1.807, 2.05) is 0 Å². The van der Waals surface area contributed by atoms with Crippen LogP contribution >= 0.6 is 0 Å². The zero-order valence-corrected chi connectivity index (χ0v) is 29.5. The summed E-state index contributed by atoms with van der Waals surface area (Å²) in [6.45, 7) is 15.8. The predicted molar refractivity (Wildman–Crippen MR) is 168 cm³/mol. The van der Waals surface area contributed by atoms with Crippen LogP contribution in [0.25, 0.3) is 0 Å². The van der Waals surface area contributed by atoms with Gasteiger partial charge in [-0.3, -0.25) is 9.59 Å². The topological polar surface area (TPSA) is 107 Å². The molecule has 0 spiro atoms. The Hall–Kier alpha value is -2.70. The maximum atomic E-state index is 14.6. The first kappa shape index (κ1) is 40.5. The number of methoxy groups -OCH3 is 1. The minimum absolute atomic E-state index is 0.0247. The summed E-state index contributed by atoms with van der Waals surface area (Å²) in [7, 11) is 0.815. The van der Waals surface area contributed by atoms with Crippen LogP contribution in [0.5, 0.6) is 0 Å². The van der Waals surface area contributed by atoms with E-state index in [2.05, 4.69) is 0 Å². The van der Waals surface area contributed by atoms with Gasteiger partial charge in [-0.2, -0.15) is 13.2 Å². The second-order valence-electron chi connectivity index (χ2n) is 14.7. The van der Waals surface area contributed by atoms with Crippen LogP contribution in [0.15, 0.2) is 30.3 Å². The molecule has 1 aliphatic heterocycles. The van der Waals surface area contributed by atoms with Crippen molar-refractivity contribution in [1.82, 2.24) is 0 Å². The Morgan fingerprint density at radius 3 is 1.83 bits per heavy atom. The Morgan fingerprint density at radius 2 is 1.34 bits per heavy atom. The van der Waals surface area contributed by atoms with E-state index in [0.717, 1.165) is 19.2 Å². The van der Waals surface area contributed by atoms with Gasteiger partial charge in [-0.05, 0) is 74.1 Å². The average Bonchev–Trinajstić information content (AvgIpc) is 2.94. The summed E-state index contributed by atoms with van der Waals surface area (Å²) in [6, 6.07) is 6.61. The molecule has 2 rings (SSSR count). The molecule has 12 heteroatoms. The highest BCUT2D eigenvalue weighted by Crippen LogP contribution is 2.44. The number of ether oxygens (including phenoxy) is 6. The molecule has 0 unspecified atom stereocenters. The molecule has 1 fully saturated rings. The maximum Gasteiger partial charge on any atom is 0.432 e. The molecule has 5 atom stereocenters. The maximum absolute atomic E-state index is 14.6. The van der Waals surface area contributed by atoms with Crippen LogP contribution < -0.4 is 0 Å². The van der Waals surface area contributed by atoms with Crippen LogP contribution in [0.3, 0.4) is 0 Å². The summed E-state index contributed by atoms with van der Waals surface area (Å²) in [5.41, 5.74) is -5.18. The van der Waals surface area contributed by atoms with Gasteiger partial charge < -0.3 is 28.4 Å². The largest absolute Gasteiger partial charge is 0.465 e. The number of alkyl halides is 3. The summed E-state index contributed by atoms with van der Waals surface area (Å²) < 4.78 is 77.3. The van der Waals surface area contributed by atoms with E-state index in [9.17, 15) is 27.6 Å². The molecule has 1 aromatic carbocycles. The lowest BCUT2D eigenvalue weighted by Gasteiger charge is -2.41. The molecule has 268 valence electrons. The van der Waals surface area contributed by atoms with E-state index in [-0.39, 0.29) is 37.8 Å². The van der Waals surface area contributed by atoms with Crippen molar-refractivity contribution >= 4 is 17.9 Å². The molecule has 0 bridgehead atoms. The summed E-state index contributed by atoms with van der Waals surface area (Å²) in [5, 5.41) is 0. The van der Waals surface area contributed by atoms with E-state index >= 15 is 0 Å². The third-order valence-electron chi connectivity index (χ3n) is 7.97. The fourth-order valence-electron chi connectivity index (χ4n) is 5.26. The van der Waals surface area contributed by atoms with E-state index in [0.29, 0.717) is 25.7 Å². The minimum Gasteiger partial charge on any atom is -0.465 e. The fourth-order valence-corrected chi connectivity index (χ4v) is 5.26. The second-order valence-corrected chi connectivity index (χ2v) is 14.7. The average molecular weight is 675 g/mol. The molecule has 1 aromatic rings. The van der Waals surface area contributed by atoms with Crippen molar-refractivity contribution < 1.29 is 56.0 Å². The number of carbonyl (C=O) groups is 3. The van der Waals surface area contributed by atoms with Gasteiger partial charge in [0.05, 0.1) is 36.3 Å². The van der Waals surface area contributed by atoms with Gasteiger partial charge in [0.15, 0.2) is 5.79 Å². The molecule has 0 amide bonds. The number of rotatable bonds is 14. The monoisotopic (exact) mass is 674 g/mol. The van der Waals surface area contributed by atoms with Gasteiger partial charge in [0.2, 0.25) is 0 Å². The number of carbonyl (C=O) groups excluding carboxylic acids is 3. The normalized spacial score (nSPS) is 21.2. The van der Waals surface area contributed by atoms with E-state index in [1.165, 1.54) is 18.2 Å². The third-order valence-corrected chi connectivity index (χ3v) is 7.97. The van der Waals surface area contributed by atoms with Gasteiger partial charge in [0, 0.05) is 31.9 Å². The Kier molecular flexibility index (Phi) is 13.9. The highest BCUT2D eigenvalue weighted by molar-refractivity contribution is 5.83. The molecule has 0 aromatic heterocycles. The Balaban J connectivity index is 2.21. The number of hydrogen-bond donors (Lipinski definition) is 0. The zero-order valence-electron chi connectivity index (χ0n) is 29.5. The van der Waals surface area contributed by atoms with Crippen LogP contribution in [0.1, 0.15) is 100.0 Å². The van der Waals surface area contributed by atoms with Gasteiger partial charge in [-0.15, -0.1) is 0 Å². The summed E-state index contributed by atoms with van der Waals surface area (Å²) >= 11 is 0.